The Bertz CT molecular complexity index is 321. The number of amides is 1. The van der Waals surface area contributed by atoms with Crippen molar-refractivity contribution in [2.24, 2.45) is 5.92 Å². The van der Waals surface area contributed by atoms with Crippen LogP contribution < -0.4 is 5.32 Å². The Kier molecular flexibility index (Phi) is 7.00. The van der Waals surface area contributed by atoms with E-state index in [0.29, 0.717) is 24.0 Å². The largest absolute Gasteiger partial charge is 0.325 e. The molecule has 1 saturated heterocycles. The molecule has 3 unspecified atom stereocenters. The highest BCUT2D eigenvalue weighted by molar-refractivity contribution is 7.84. The van der Waals surface area contributed by atoms with Crippen LogP contribution in [-0.2, 0) is 15.6 Å². The summed E-state index contributed by atoms with van der Waals surface area (Å²) in [5.41, 5.74) is 0. The van der Waals surface area contributed by atoms with E-state index >= 15 is 0 Å². The summed E-state index contributed by atoms with van der Waals surface area (Å²) in [4.78, 5) is 14.3. The predicted octanol–water partition coefficient (Wildman–Crippen LogP) is 1.73. The molecule has 5 heteroatoms. The molecular formula is C14H28N2O2S. The Morgan fingerprint density at radius 3 is 2.58 bits per heavy atom. The Morgan fingerprint density at radius 2 is 2.05 bits per heavy atom. The lowest BCUT2D eigenvalue weighted by atomic mass is 10.0. The van der Waals surface area contributed by atoms with Gasteiger partial charge in [0.05, 0.1) is 12.2 Å². The van der Waals surface area contributed by atoms with Gasteiger partial charge in [0.2, 0.25) is 5.91 Å². The fraction of sp³-hybridized carbons (Fsp3) is 0.929. The van der Waals surface area contributed by atoms with Crippen molar-refractivity contribution in [1.82, 2.24) is 10.2 Å². The zero-order chi connectivity index (χ0) is 14.4. The van der Waals surface area contributed by atoms with E-state index in [-0.39, 0.29) is 18.1 Å². The van der Waals surface area contributed by atoms with Gasteiger partial charge >= 0.3 is 0 Å². The maximum atomic E-state index is 12.4. The molecule has 1 fully saturated rings. The van der Waals surface area contributed by atoms with Crippen molar-refractivity contribution in [2.75, 3.05) is 18.1 Å². The third-order valence-corrected chi connectivity index (χ3v) is 4.78. The van der Waals surface area contributed by atoms with E-state index in [1.165, 1.54) is 0 Å². The van der Waals surface area contributed by atoms with Gasteiger partial charge in [0, 0.05) is 28.9 Å². The molecule has 0 aromatic rings. The molecule has 4 nitrogen and oxygen atoms in total. The van der Waals surface area contributed by atoms with Crippen LogP contribution in [0.3, 0.4) is 0 Å². The number of nitrogens with zero attached hydrogens (tertiary/aromatic N) is 1. The molecule has 0 saturated carbocycles. The van der Waals surface area contributed by atoms with Gasteiger partial charge in [0.25, 0.3) is 0 Å². The maximum absolute atomic E-state index is 12.4. The van der Waals surface area contributed by atoms with E-state index in [4.69, 9.17) is 0 Å². The van der Waals surface area contributed by atoms with E-state index < -0.39 is 10.8 Å². The van der Waals surface area contributed by atoms with Gasteiger partial charge in [-0.05, 0) is 18.8 Å². The molecule has 1 aliphatic heterocycles. The summed E-state index contributed by atoms with van der Waals surface area (Å²) in [6, 6.07) is -0.0494. The topological polar surface area (TPSA) is 49.4 Å². The van der Waals surface area contributed by atoms with Gasteiger partial charge in [0.15, 0.2) is 0 Å². The molecule has 1 N–H and O–H groups in total. The number of hydrogen-bond acceptors (Lipinski definition) is 3. The van der Waals surface area contributed by atoms with Gasteiger partial charge in [-0.15, -0.1) is 0 Å². The first-order valence-corrected chi connectivity index (χ1v) is 8.89. The number of nitrogens with one attached hydrogen (secondary N) is 1. The zero-order valence-corrected chi connectivity index (χ0v) is 13.5. The SMILES string of the molecule is CCCC1NC(CC(C)C)C(=O)N1CCS(=O)CC. The third-order valence-electron chi connectivity index (χ3n) is 3.50. The van der Waals surface area contributed by atoms with Crippen molar-refractivity contribution < 1.29 is 9.00 Å². The standard InChI is InChI=1S/C14H28N2O2S/c1-5-7-13-15-12(10-11(3)4)14(17)16(13)8-9-19(18)6-2/h11-13,15H,5-10H2,1-4H3. The van der Waals surface area contributed by atoms with Crippen LogP contribution in [0.15, 0.2) is 0 Å². The minimum absolute atomic E-state index is 0.0494. The Hall–Kier alpha value is -0.420. The molecule has 0 radical (unpaired) electrons. The molecule has 1 rings (SSSR count). The first-order chi connectivity index (χ1) is 8.99. The third kappa shape index (κ3) is 4.88. The molecule has 0 bridgehead atoms. The zero-order valence-electron chi connectivity index (χ0n) is 12.6. The molecule has 1 heterocycles. The predicted molar refractivity (Wildman–Crippen MR) is 80.3 cm³/mol. The van der Waals surface area contributed by atoms with Crippen LogP contribution in [-0.4, -0.2) is 45.3 Å². The molecule has 112 valence electrons. The van der Waals surface area contributed by atoms with Crippen LogP contribution in [0.4, 0.5) is 0 Å². The van der Waals surface area contributed by atoms with Crippen LogP contribution >= 0.6 is 0 Å². The number of hydrogen-bond donors (Lipinski definition) is 1. The van der Waals surface area contributed by atoms with E-state index in [0.717, 1.165) is 19.3 Å². The molecule has 0 spiro atoms. The molecule has 0 aliphatic carbocycles. The van der Waals surface area contributed by atoms with Crippen molar-refractivity contribution in [1.29, 1.82) is 0 Å². The number of rotatable bonds is 8. The average Bonchev–Trinajstić information content (AvgIpc) is 2.63. The van der Waals surface area contributed by atoms with Crippen molar-refractivity contribution in [2.45, 2.75) is 59.2 Å². The molecule has 1 aliphatic rings. The average molecular weight is 288 g/mol. The normalized spacial score (nSPS) is 25.3. The number of carbonyl (C=O) groups excluding carboxylic acids is 1. The van der Waals surface area contributed by atoms with Crippen molar-refractivity contribution in [3.05, 3.63) is 0 Å². The van der Waals surface area contributed by atoms with Crippen LogP contribution in [0.1, 0.15) is 47.0 Å². The molecular weight excluding hydrogens is 260 g/mol. The van der Waals surface area contributed by atoms with E-state index in [1.807, 2.05) is 11.8 Å². The minimum atomic E-state index is -0.800. The van der Waals surface area contributed by atoms with Crippen LogP contribution in [0.25, 0.3) is 0 Å². The Labute approximate surface area is 119 Å². The van der Waals surface area contributed by atoms with E-state index in [2.05, 4.69) is 26.1 Å². The summed E-state index contributed by atoms with van der Waals surface area (Å²) in [6.07, 6.45) is 3.04. The van der Waals surface area contributed by atoms with Gasteiger partial charge in [-0.25, -0.2) is 0 Å². The Morgan fingerprint density at radius 1 is 1.37 bits per heavy atom. The summed E-state index contributed by atoms with van der Waals surface area (Å²) in [5, 5.41) is 3.44. The van der Waals surface area contributed by atoms with Crippen molar-refractivity contribution in [3.8, 4) is 0 Å². The minimum Gasteiger partial charge on any atom is -0.325 e. The maximum Gasteiger partial charge on any atom is 0.241 e. The smallest absolute Gasteiger partial charge is 0.241 e. The van der Waals surface area contributed by atoms with Gasteiger partial charge in [-0.2, -0.15) is 0 Å². The second-order valence-electron chi connectivity index (χ2n) is 5.62. The summed E-state index contributed by atoms with van der Waals surface area (Å²) in [7, 11) is -0.800. The van der Waals surface area contributed by atoms with Gasteiger partial charge in [0.1, 0.15) is 0 Å². The summed E-state index contributed by atoms with van der Waals surface area (Å²) in [6.45, 7) is 8.94. The van der Waals surface area contributed by atoms with Gasteiger partial charge < -0.3 is 4.90 Å². The lowest BCUT2D eigenvalue weighted by Crippen LogP contribution is -2.39. The summed E-state index contributed by atoms with van der Waals surface area (Å²) >= 11 is 0. The van der Waals surface area contributed by atoms with Gasteiger partial charge in [-0.3, -0.25) is 14.3 Å². The van der Waals surface area contributed by atoms with Crippen LogP contribution in [0.2, 0.25) is 0 Å². The Balaban J connectivity index is 2.63. The fourth-order valence-electron chi connectivity index (χ4n) is 2.51. The number of carbonyl (C=O) groups is 1. The highest BCUT2D eigenvalue weighted by atomic mass is 32.2. The molecule has 3 atom stereocenters. The lowest BCUT2D eigenvalue weighted by Gasteiger charge is -2.23. The first kappa shape index (κ1) is 16.6. The van der Waals surface area contributed by atoms with Gasteiger partial charge in [-0.1, -0.05) is 34.1 Å². The molecule has 0 aromatic carbocycles. The summed E-state index contributed by atoms with van der Waals surface area (Å²) in [5.74, 6) is 1.97. The fourth-order valence-corrected chi connectivity index (χ4v) is 3.20. The highest BCUT2D eigenvalue weighted by Crippen LogP contribution is 2.19. The first-order valence-electron chi connectivity index (χ1n) is 7.41. The van der Waals surface area contributed by atoms with Crippen molar-refractivity contribution in [3.63, 3.8) is 0 Å². The van der Waals surface area contributed by atoms with Crippen LogP contribution in [0, 0.1) is 5.92 Å². The molecule has 0 aromatic heterocycles. The molecule has 19 heavy (non-hydrogen) atoms. The lowest BCUT2D eigenvalue weighted by molar-refractivity contribution is -0.130. The highest BCUT2D eigenvalue weighted by Gasteiger charge is 2.37. The monoisotopic (exact) mass is 288 g/mol. The second-order valence-corrected chi connectivity index (χ2v) is 7.48. The molecule has 1 amide bonds. The quantitative estimate of drug-likeness (QED) is 0.740. The summed E-state index contributed by atoms with van der Waals surface area (Å²) < 4.78 is 11.6. The van der Waals surface area contributed by atoms with Crippen molar-refractivity contribution >= 4 is 16.7 Å². The second kappa shape index (κ2) is 8.00. The van der Waals surface area contributed by atoms with Crippen LogP contribution in [0.5, 0.6) is 0 Å². The van der Waals surface area contributed by atoms with E-state index in [9.17, 15) is 9.00 Å². The van der Waals surface area contributed by atoms with E-state index in [1.54, 1.807) is 0 Å².